The Kier molecular flexibility index (Phi) is 7.09. The molecule has 35 heavy (non-hydrogen) atoms. The molecule has 0 saturated heterocycles. The molecule has 1 aliphatic rings. The molecule has 0 radical (unpaired) electrons. The number of benzene rings is 3. The molecule has 1 aliphatic carbocycles. The van der Waals surface area contributed by atoms with Gasteiger partial charge in [-0.3, -0.25) is 0 Å². The topological polar surface area (TPSA) is 116 Å². The molecule has 0 aromatic heterocycles. The van der Waals surface area contributed by atoms with E-state index >= 15 is 0 Å². The standard InChI is InChI=1S/C26H23F2NO6/c27-21-11-18(19(25(32)33)12-22(21)28)24(31)23(30)9-10-29-26(34)35-13-20-16-7-3-1-5-14(16)15-6-2-4-8-17(15)20/h1-8,11-12,20,23-24,30-31H,9-10,13H2,(H,29,34)(H,32,33). The Morgan fingerprint density at radius 1 is 0.943 bits per heavy atom. The third kappa shape index (κ3) is 5.01. The zero-order chi connectivity index (χ0) is 25.1. The van der Waals surface area contributed by atoms with Crippen LogP contribution in [0.5, 0.6) is 0 Å². The number of rotatable bonds is 8. The molecule has 0 heterocycles. The predicted molar refractivity (Wildman–Crippen MR) is 122 cm³/mol. The van der Waals surface area contributed by atoms with E-state index in [0.717, 1.165) is 22.3 Å². The van der Waals surface area contributed by atoms with Crippen LogP contribution in [0.25, 0.3) is 11.1 Å². The molecular formula is C26H23F2NO6. The van der Waals surface area contributed by atoms with E-state index in [0.29, 0.717) is 12.1 Å². The average molecular weight is 483 g/mol. The zero-order valence-electron chi connectivity index (χ0n) is 18.4. The molecule has 3 aromatic rings. The van der Waals surface area contributed by atoms with Crippen molar-refractivity contribution in [2.45, 2.75) is 24.5 Å². The number of ether oxygens (including phenoxy) is 1. The monoisotopic (exact) mass is 483 g/mol. The minimum atomic E-state index is -1.81. The fourth-order valence-corrected chi connectivity index (χ4v) is 4.33. The van der Waals surface area contributed by atoms with E-state index in [1.807, 2.05) is 48.5 Å². The first-order chi connectivity index (χ1) is 16.8. The Hall–Kier alpha value is -3.82. The molecule has 0 bridgehead atoms. The minimum Gasteiger partial charge on any atom is -0.478 e. The molecule has 0 fully saturated rings. The molecule has 9 heteroatoms. The summed E-state index contributed by atoms with van der Waals surface area (Å²) in [6.45, 7) is -0.0111. The van der Waals surface area contributed by atoms with Gasteiger partial charge in [0.1, 0.15) is 12.7 Å². The average Bonchev–Trinajstić information content (AvgIpc) is 3.17. The maximum absolute atomic E-state index is 13.6. The summed E-state index contributed by atoms with van der Waals surface area (Å²) >= 11 is 0. The second kappa shape index (κ2) is 10.2. The molecule has 0 aliphatic heterocycles. The van der Waals surface area contributed by atoms with Crippen molar-refractivity contribution < 1.29 is 38.4 Å². The Labute approximate surface area is 199 Å². The molecule has 1 amide bonds. The van der Waals surface area contributed by atoms with Crippen LogP contribution in [0.4, 0.5) is 13.6 Å². The Morgan fingerprint density at radius 2 is 1.51 bits per heavy atom. The number of hydrogen-bond acceptors (Lipinski definition) is 5. The lowest BCUT2D eigenvalue weighted by molar-refractivity contribution is 0.0125. The summed E-state index contributed by atoms with van der Waals surface area (Å²) in [4.78, 5) is 23.5. The van der Waals surface area contributed by atoms with Crippen LogP contribution in [0.2, 0.25) is 0 Å². The quantitative estimate of drug-likeness (QED) is 0.385. The first kappa shape index (κ1) is 24.3. The van der Waals surface area contributed by atoms with E-state index in [1.165, 1.54) is 0 Å². The van der Waals surface area contributed by atoms with E-state index in [-0.39, 0.29) is 25.5 Å². The van der Waals surface area contributed by atoms with Crippen molar-refractivity contribution in [2.75, 3.05) is 13.2 Å². The van der Waals surface area contributed by atoms with Gasteiger partial charge in [-0.2, -0.15) is 0 Å². The van der Waals surface area contributed by atoms with Gasteiger partial charge >= 0.3 is 12.1 Å². The van der Waals surface area contributed by atoms with Crippen LogP contribution in [0.1, 0.15) is 45.5 Å². The highest BCUT2D eigenvalue weighted by Gasteiger charge is 2.29. The highest BCUT2D eigenvalue weighted by atomic mass is 19.2. The van der Waals surface area contributed by atoms with Gasteiger partial charge in [0, 0.05) is 18.0 Å². The molecule has 3 aromatic carbocycles. The third-order valence-corrected chi connectivity index (χ3v) is 6.06. The molecule has 4 N–H and O–H groups in total. The lowest BCUT2D eigenvalue weighted by Gasteiger charge is -2.20. The summed E-state index contributed by atoms with van der Waals surface area (Å²) < 4.78 is 32.3. The molecule has 0 saturated carbocycles. The number of amides is 1. The highest BCUT2D eigenvalue weighted by molar-refractivity contribution is 5.89. The number of carbonyl (C=O) groups is 2. The normalized spacial score (nSPS) is 14.1. The number of carboxylic acids is 1. The van der Waals surface area contributed by atoms with Crippen LogP contribution in [-0.2, 0) is 4.74 Å². The summed E-state index contributed by atoms with van der Waals surface area (Å²) in [5.41, 5.74) is 3.16. The number of hydrogen-bond donors (Lipinski definition) is 4. The summed E-state index contributed by atoms with van der Waals surface area (Å²) in [5.74, 6) is -4.44. The van der Waals surface area contributed by atoms with Crippen molar-refractivity contribution in [3.8, 4) is 11.1 Å². The minimum absolute atomic E-state index is 0.0991. The van der Waals surface area contributed by atoms with E-state index in [1.54, 1.807) is 0 Å². The van der Waals surface area contributed by atoms with Crippen molar-refractivity contribution >= 4 is 12.1 Å². The summed E-state index contributed by atoms with van der Waals surface area (Å²) in [6.07, 6.45) is -4.27. The first-order valence-electron chi connectivity index (χ1n) is 10.9. The van der Waals surface area contributed by atoms with E-state index in [2.05, 4.69) is 5.32 Å². The van der Waals surface area contributed by atoms with Crippen LogP contribution >= 0.6 is 0 Å². The third-order valence-electron chi connectivity index (χ3n) is 6.06. The maximum atomic E-state index is 13.6. The Balaban J connectivity index is 1.32. The second-order valence-electron chi connectivity index (χ2n) is 8.21. The number of carboxylic acid groups (broad SMARTS) is 1. The largest absolute Gasteiger partial charge is 0.478 e. The van der Waals surface area contributed by atoms with Crippen molar-refractivity contribution in [3.05, 3.63) is 94.6 Å². The van der Waals surface area contributed by atoms with Gasteiger partial charge in [-0.05, 0) is 40.8 Å². The molecule has 2 unspecified atom stereocenters. The maximum Gasteiger partial charge on any atom is 0.407 e. The summed E-state index contributed by atoms with van der Waals surface area (Å²) in [7, 11) is 0. The van der Waals surface area contributed by atoms with E-state index in [4.69, 9.17) is 4.74 Å². The van der Waals surface area contributed by atoms with Gasteiger partial charge in [-0.15, -0.1) is 0 Å². The highest BCUT2D eigenvalue weighted by Crippen LogP contribution is 2.44. The fraction of sp³-hybridized carbons (Fsp3) is 0.231. The lowest BCUT2D eigenvalue weighted by Crippen LogP contribution is -2.31. The fourth-order valence-electron chi connectivity index (χ4n) is 4.33. The van der Waals surface area contributed by atoms with Crippen molar-refractivity contribution in [1.29, 1.82) is 0 Å². The Morgan fingerprint density at radius 3 is 2.11 bits per heavy atom. The zero-order valence-corrected chi connectivity index (χ0v) is 18.4. The van der Waals surface area contributed by atoms with Crippen molar-refractivity contribution in [1.82, 2.24) is 5.32 Å². The molecule has 0 spiro atoms. The number of aliphatic hydroxyl groups excluding tert-OH is 2. The van der Waals surface area contributed by atoms with Gasteiger partial charge in [0.05, 0.1) is 11.7 Å². The Bertz CT molecular complexity index is 1220. The smallest absolute Gasteiger partial charge is 0.407 e. The molecule has 4 rings (SSSR count). The van der Waals surface area contributed by atoms with Crippen molar-refractivity contribution in [2.24, 2.45) is 0 Å². The number of fused-ring (bicyclic) bond motifs is 3. The van der Waals surface area contributed by atoms with Crippen LogP contribution < -0.4 is 5.32 Å². The van der Waals surface area contributed by atoms with Crippen molar-refractivity contribution in [3.63, 3.8) is 0 Å². The number of carbonyl (C=O) groups excluding carboxylic acids is 1. The first-order valence-corrected chi connectivity index (χ1v) is 10.9. The van der Waals surface area contributed by atoms with Crippen LogP contribution in [-0.4, -0.2) is 46.6 Å². The summed E-state index contributed by atoms with van der Waals surface area (Å²) in [5, 5.41) is 32.1. The number of nitrogens with one attached hydrogen (secondary N) is 1. The van der Waals surface area contributed by atoms with Gasteiger partial charge in [0.15, 0.2) is 11.6 Å². The SMILES string of the molecule is O=C(NCCC(O)C(O)c1cc(F)c(F)cc1C(=O)O)OCC1c2ccccc2-c2ccccc21. The molecular weight excluding hydrogens is 460 g/mol. The lowest BCUT2D eigenvalue weighted by atomic mass is 9.96. The van der Waals surface area contributed by atoms with Crippen LogP contribution in [0.3, 0.4) is 0 Å². The van der Waals surface area contributed by atoms with Gasteiger partial charge in [0.25, 0.3) is 0 Å². The number of aliphatic hydroxyl groups is 2. The number of alkyl carbamates (subject to hydrolysis) is 1. The number of aromatic carboxylic acids is 1. The molecule has 2 atom stereocenters. The van der Waals surface area contributed by atoms with E-state index in [9.17, 15) is 33.7 Å². The van der Waals surface area contributed by atoms with E-state index < -0.39 is 47.0 Å². The molecule has 7 nitrogen and oxygen atoms in total. The van der Waals surface area contributed by atoms with Gasteiger partial charge in [-0.1, -0.05) is 48.5 Å². The van der Waals surface area contributed by atoms with Crippen LogP contribution in [0.15, 0.2) is 60.7 Å². The second-order valence-corrected chi connectivity index (χ2v) is 8.21. The predicted octanol–water partition coefficient (Wildman–Crippen LogP) is 3.99. The van der Waals surface area contributed by atoms with Gasteiger partial charge in [-0.25, -0.2) is 18.4 Å². The number of halogens is 2. The van der Waals surface area contributed by atoms with Gasteiger partial charge in [0.2, 0.25) is 0 Å². The van der Waals surface area contributed by atoms with Gasteiger partial charge < -0.3 is 25.4 Å². The molecule has 182 valence electrons. The summed E-state index contributed by atoms with van der Waals surface area (Å²) in [6, 6.07) is 16.7. The van der Waals surface area contributed by atoms with Crippen LogP contribution in [0, 0.1) is 11.6 Å².